The molecule has 0 atom stereocenters. The maximum atomic E-state index is 12.4. The summed E-state index contributed by atoms with van der Waals surface area (Å²) in [6, 6.07) is 13.8. The SMILES string of the molecule is O=C(COC(=O)CCC(=O)c1ccccc1)NCc1ccccc1OC(F)(F)F. The van der Waals surface area contributed by atoms with Crippen molar-refractivity contribution >= 4 is 17.7 Å². The minimum Gasteiger partial charge on any atom is -0.456 e. The lowest BCUT2D eigenvalue weighted by atomic mass is 10.1. The molecular formula is C20H18F3NO5. The molecule has 0 saturated heterocycles. The summed E-state index contributed by atoms with van der Waals surface area (Å²) in [5.41, 5.74) is 0.579. The molecule has 9 heteroatoms. The molecule has 6 nitrogen and oxygen atoms in total. The van der Waals surface area contributed by atoms with Crippen LogP contribution in [0.3, 0.4) is 0 Å². The van der Waals surface area contributed by atoms with Crippen LogP contribution in [0.15, 0.2) is 54.6 Å². The molecule has 0 saturated carbocycles. The standard InChI is InChI=1S/C20H18F3NO5/c21-20(22,23)29-17-9-5-4-8-15(17)12-24-18(26)13-28-19(27)11-10-16(25)14-6-2-1-3-7-14/h1-9H,10-13H2,(H,24,26). The Kier molecular flexibility index (Phi) is 7.76. The summed E-state index contributed by atoms with van der Waals surface area (Å²) >= 11 is 0. The zero-order valence-electron chi connectivity index (χ0n) is 15.2. The van der Waals surface area contributed by atoms with E-state index < -0.39 is 30.6 Å². The van der Waals surface area contributed by atoms with Gasteiger partial charge < -0.3 is 14.8 Å². The molecular weight excluding hydrogens is 391 g/mol. The van der Waals surface area contributed by atoms with Crippen LogP contribution in [0.1, 0.15) is 28.8 Å². The summed E-state index contributed by atoms with van der Waals surface area (Å²) in [4.78, 5) is 35.3. The van der Waals surface area contributed by atoms with Gasteiger partial charge in [-0.15, -0.1) is 13.2 Å². The van der Waals surface area contributed by atoms with E-state index in [0.717, 1.165) is 6.07 Å². The molecule has 0 aromatic heterocycles. The largest absolute Gasteiger partial charge is 0.573 e. The van der Waals surface area contributed by atoms with Crippen molar-refractivity contribution in [1.82, 2.24) is 5.32 Å². The molecule has 0 heterocycles. The van der Waals surface area contributed by atoms with E-state index >= 15 is 0 Å². The zero-order chi connectivity index (χ0) is 21.3. The highest BCUT2D eigenvalue weighted by Gasteiger charge is 2.32. The van der Waals surface area contributed by atoms with E-state index in [1.165, 1.54) is 18.2 Å². The van der Waals surface area contributed by atoms with Crippen molar-refractivity contribution in [3.63, 3.8) is 0 Å². The minimum absolute atomic E-state index is 0.0629. The van der Waals surface area contributed by atoms with E-state index in [9.17, 15) is 27.6 Å². The molecule has 0 fully saturated rings. The van der Waals surface area contributed by atoms with Crippen molar-refractivity contribution in [2.75, 3.05) is 6.61 Å². The quantitative estimate of drug-likeness (QED) is 0.507. The number of Topliss-reactive ketones (excluding diaryl/α,β-unsaturated/α-hetero) is 1. The second-order valence-corrected chi connectivity index (χ2v) is 5.88. The highest BCUT2D eigenvalue weighted by molar-refractivity contribution is 5.97. The van der Waals surface area contributed by atoms with E-state index in [1.807, 2.05) is 0 Å². The van der Waals surface area contributed by atoms with Gasteiger partial charge in [0.15, 0.2) is 12.4 Å². The second-order valence-electron chi connectivity index (χ2n) is 5.88. The van der Waals surface area contributed by atoms with E-state index in [4.69, 9.17) is 4.74 Å². The van der Waals surface area contributed by atoms with Gasteiger partial charge in [0.1, 0.15) is 5.75 Å². The van der Waals surface area contributed by atoms with E-state index in [-0.39, 0.29) is 30.7 Å². The van der Waals surface area contributed by atoms with Crippen molar-refractivity contribution in [3.8, 4) is 5.75 Å². The van der Waals surface area contributed by atoms with Gasteiger partial charge in [0.05, 0.1) is 6.42 Å². The minimum atomic E-state index is -4.85. The number of rotatable bonds is 9. The first-order valence-electron chi connectivity index (χ1n) is 8.59. The Balaban J connectivity index is 1.73. The number of para-hydroxylation sites is 1. The van der Waals surface area contributed by atoms with Crippen molar-refractivity contribution in [1.29, 1.82) is 0 Å². The number of alkyl halides is 3. The topological polar surface area (TPSA) is 81.7 Å². The number of esters is 1. The maximum Gasteiger partial charge on any atom is 0.573 e. The maximum absolute atomic E-state index is 12.4. The highest BCUT2D eigenvalue weighted by atomic mass is 19.4. The van der Waals surface area contributed by atoms with Crippen LogP contribution in [0.25, 0.3) is 0 Å². The predicted molar refractivity (Wildman–Crippen MR) is 95.9 cm³/mol. The third-order valence-electron chi connectivity index (χ3n) is 3.69. The molecule has 1 N–H and O–H groups in total. The van der Waals surface area contributed by atoms with Crippen LogP contribution in [0.2, 0.25) is 0 Å². The third-order valence-corrected chi connectivity index (χ3v) is 3.69. The van der Waals surface area contributed by atoms with Gasteiger partial charge in [-0.25, -0.2) is 0 Å². The van der Waals surface area contributed by atoms with Gasteiger partial charge in [-0.3, -0.25) is 14.4 Å². The van der Waals surface area contributed by atoms with E-state index in [1.54, 1.807) is 30.3 Å². The first-order valence-corrected chi connectivity index (χ1v) is 8.59. The molecule has 0 aliphatic rings. The number of carbonyl (C=O) groups is 3. The third kappa shape index (κ3) is 8.04. The predicted octanol–water partition coefficient (Wildman–Crippen LogP) is 3.41. The fraction of sp³-hybridized carbons (Fsp3) is 0.250. The molecule has 0 bridgehead atoms. The monoisotopic (exact) mass is 409 g/mol. The Hall–Kier alpha value is -3.36. The normalized spacial score (nSPS) is 10.9. The number of nitrogens with one attached hydrogen (secondary N) is 1. The van der Waals surface area contributed by atoms with Gasteiger partial charge >= 0.3 is 12.3 Å². The lowest BCUT2D eigenvalue weighted by Crippen LogP contribution is -2.29. The molecule has 2 rings (SSSR count). The fourth-order valence-electron chi connectivity index (χ4n) is 2.32. The van der Waals surface area contributed by atoms with Gasteiger partial charge in [-0.05, 0) is 6.07 Å². The molecule has 0 radical (unpaired) electrons. The molecule has 154 valence electrons. The number of hydrogen-bond donors (Lipinski definition) is 1. The van der Waals surface area contributed by atoms with E-state index in [0.29, 0.717) is 5.56 Å². The molecule has 2 aromatic carbocycles. The van der Waals surface area contributed by atoms with Crippen LogP contribution in [0.4, 0.5) is 13.2 Å². The Morgan fingerprint density at radius 2 is 1.55 bits per heavy atom. The molecule has 1 amide bonds. The number of hydrogen-bond acceptors (Lipinski definition) is 5. The second kappa shape index (κ2) is 10.3. The van der Waals surface area contributed by atoms with Crippen LogP contribution in [0, 0.1) is 0 Å². The Morgan fingerprint density at radius 1 is 0.897 bits per heavy atom. The van der Waals surface area contributed by atoms with Gasteiger partial charge in [-0.1, -0.05) is 48.5 Å². The van der Waals surface area contributed by atoms with Crippen LogP contribution >= 0.6 is 0 Å². The Morgan fingerprint density at radius 3 is 2.24 bits per heavy atom. The van der Waals surface area contributed by atoms with Crippen LogP contribution in [0.5, 0.6) is 5.75 Å². The molecule has 29 heavy (non-hydrogen) atoms. The lowest BCUT2D eigenvalue weighted by Gasteiger charge is -2.13. The molecule has 2 aromatic rings. The van der Waals surface area contributed by atoms with Crippen LogP contribution in [-0.4, -0.2) is 30.6 Å². The Labute approximate surface area is 164 Å². The summed E-state index contributed by atoms with van der Waals surface area (Å²) in [6.07, 6.45) is -5.11. The van der Waals surface area contributed by atoms with Crippen molar-refractivity contribution in [2.45, 2.75) is 25.7 Å². The number of benzene rings is 2. The van der Waals surface area contributed by atoms with Gasteiger partial charge in [0, 0.05) is 24.1 Å². The number of carbonyl (C=O) groups excluding carboxylic acids is 3. The summed E-state index contributed by atoms with van der Waals surface area (Å²) in [5, 5.41) is 2.34. The van der Waals surface area contributed by atoms with Gasteiger partial charge in [-0.2, -0.15) is 0 Å². The summed E-state index contributed by atoms with van der Waals surface area (Å²) in [7, 11) is 0. The lowest BCUT2D eigenvalue weighted by molar-refractivity contribution is -0.274. The highest BCUT2D eigenvalue weighted by Crippen LogP contribution is 2.26. The molecule has 0 aliphatic heterocycles. The zero-order valence-corrected chi connectivity index (χ0v) is 15.2. The van der Waals surface area contributed by atoms with Gasteiger partial charge in [0.2, 0.25) is 0 Å². The average Bonchev–Trinajstić information content (AvgIpc) is 2.69. The number of ether oxygens (including phenoxy) is 2. The first kappa shape index (κ1) is 21.9. The summed E-state index contributed by atoms with van der Waals surface area (Å²) in [5.74, 6) is -2.09. The van der Waals surface area contributed by atoms with Crippen molar-refractivity contribution < 1.29 is 37.0 Å². The molecule has 0 spiro atoms. The van der Waals surface area contributed by atoms with Crippen molar-refractivity contribution in [2.24, 2.45) is 0 Å². The molecule has 0 aliphatic carbocycles. The first-order chi connectivity index (χ1) is 13.7. The molecule has 0 unspecified atom stereocenters. The number of amides is 1. The summed E-state index contributed by atoms with van der Waals surface area (Å²) < 4.78 is 45.8. The number of ketones is 1. The number of halogens is 3. The van der Waals surface area contributed by atoms with E-state index in [2.05, 4.69) is 10.1 Å². The fourth-order valence-corrected chi connectivity index (χ4v) is 2.32. The smallest absolute Gasteiger partial charge is 0.456 e. The average molecular weight is 409 g/mol. The Bertz CT molecular complexity index is 853. The summed E-state index contributed by atoms with van der Waals surface area (Å²) in [6.45, 7) is -0.851. The van der Waals surface area contributed by atoms with Crippen LogP contribution < -0.4 is 10.1 Å². The van der Waals surface area contributed by atoms with Crippen LogP contribution in [-0.2, 0) is 20.9 Å². The van der Waals surface area contributed by atoms with Gasteiger partial charge in [0.25, 0.3) is 5.91 Å². The van der Waals surface area contributed by atoms with Crippen molar-refractivity contribution in [3.05, 3.63) is 65.7 Å².